The molecule has 7 heteroatoms. The molecule has 0 spiro atoms. The van der Waals surface area contributed by atoms with E-state index in [1.165, 1.54) is 29.5 Å². The lowest BCUT2D eigenvalue weighted by molar-refractivity contribution is 0.100. The molecule has 0 radical (unpaired) electrons. The van der Waals surface area contributed by atoms with Crippen LogP contribution in [0.2, 0.25) is 0 Å². The van der Waals surface area contributed by atoms with Crippen molar-refractivity contribution in [1.29, 1.82) is 0 Å². The summed E-state index contributed by atoms with van der Waals surface area (Å²) in [6.45, 7) is -0.322. The summed E-state index contributed by atoms with van der Waals surface area (Å²) in [5, 5.41) is 1.74. The first-order valence-corrected chi connectivity index (χ1v) is 8.28. The van der Waals surface area contributed by atoms with Gasteiger partial charge in [-0.25, -0.2) is 17.5 Å². The number of nitrogens with one attached hydrogen (secondary N) is 1. The van der Waals surface area contributed by atoms with Crippen molar-refractivity contribution in [3.8, 4) is 0 Å². The second-order valence-electron chi connectivity index (χ2n) is 4.07. The predicted molar refractivity (Wildman–Crippen MR) is 75.7 cm³/mol. The number of carbonyl (C=O) groups is 1. The maximum absolute atomic E-state index is 13.4. The van der Waals surface area contributed by atoms with Crippen LogP contribution in [-0.2, 0) is 15.8 Å². The van der Waals surface area contributed by atoms with Crippen molar-refractivity contribution in [3.05, 3.63) is 58.0 Å². The molecule has 2 aromatic rings. The highest BCUT2D eigenvalue weighted by Gasteiger charge is 2.16. The molecule has 0 unspecified atom stereocenters. The minimum Gasteiger partial charge on any atom is -0.292 e. The van der Waals surface area contributed by atoms with E-state index in [1.807, 2.05) is 0 Å². The monoisotopic (exact) mass is 313 g/mol. The molecule has 0 saturated carbocycles. The molecular formula is C13H12FNO3S2. The van der Waals surface area contributed by atoms with Crippen LogP contribution in [0.25, 0.3) is 0 Å². The molecule has 0 bridgehead atoms. The van der Waals surface area contributed by atoms with Crippen LogP contribution in [0, 0.1) is 5.82 Å². The Morgan fingerprint density at radius 3 is 2.60 bits per heavy atom. The van der Waals surface area contributed by atoms with Crippen molar-refractivity contribution in [1.82, 2.24) is 4.72 Å². The van der Waals surface area contributed by atoms with Gasteiger partial charge in [0.1, 0.15) is 5.82 Å². The number of sulfonamides is 1. The predicted octanol–water partition coefficient (Wildman–Crippen LogP) is 2.19. The Balaban J connectivity index is 1.98. The number of rotatable bonds is 6. The standard InChI is InChI=1S/C13H12FNO3S2/c14-11-5-2-1-4-10(11)9-20(17,18)15-8-12(16)13-6-3-7-19-13/h1-7,15H,8-9H2. The number of hydrogen-bond acceptors (Lipinski definition) is 4. The van der Waals surface area contributed by atoms with Gasteiger partial charge < -0.3 is 0 Å². The van der Waals surface area contributed by atoms with Gasteiger partial charge in [0, 0.05) is 5.56 Å². The second kappa shape index (κ2) is 6.25. The Morgan fingerprint density at radius 2 is 1.95 bits per heavy atom. The lowest BCUT2D eigenvalue weighted by Gasteiger charge is -2.06. The van der Waals surface area contributed by atoms with E-state index in [1.54, 1.807) is 23.6 Å². The Morgan fingerprint density at radius 1 is 1.20 bits per heavy atom. The number of ketones is 1. The Hall–Kier alpha value is -1.57. The number of thiophene rings is 1. The van der Waals surface area contributed by atoms with Crippen LogP contribution in [0.5, 0.6) is 0 Å². The summed E-state index contributed by atoms with van der Waals surface area (Å²) < 4.78 is 39.2. The molecule has 0 aliphatic carbocycles. The van der Waals surface area contributed by atoms with Crippen LogP contribution >= 0.6 is 11.3 Å². The first-order valence-electron chi connectivity index (χ1n) is 5.75. The summed E-state index contributed by atoms with van der Waals surface area (Å²) in [5.41, 5.74) is 0.0728. The van der Waals surface area contributed by atoms with Crippen LogP contribution in [-0.4, -0.2) is 20.7 Å². The van der Waals surface area contributed by atoms with Gasteiger partial charge in [-0.05, 0) is 17.5 Å². The SMILES string of the molecule is O=C(CNS(=O)(=O)Cc1ccccc1F)c1cccs1. The number of hydrogen-bond donors (Lipinski definition) is 1. The average Bonchev–Trinajstić information content (AvgIpc) is 2.93. The summed E-state index contributed by atoms with van der Waals surface area (Å²) in [7, 11) is -3.75. The van der Waals surface area contributed by atoms with Gasteiger partial charge in [-0.15, -0.1) is 11.3 Å². The largest absolute Gasteiger partial charge is 0.292 e. The molecule has 1 heterocycles. The van der Waals surface area contributed by atoms with Gasteiger partial charge in [0.15, 0.2) is 5.78 Å². The summed E-state index contributed by atoms with van der Waals surface area (Å²) in [6.07, 6.45) is 0. The Labute approximate surface area is 120 Å². The van der Waals surface area contributed by atoms with E-state index in [-0.39, 0.29) is 17.9 Å². The van der Waals surface area contributed by atoms with E-state index in [2.05, 4.69) is 4.72 Å². The fourth-order valence-electron chi connectivity index (χ4n) is 1.57. The van der Waals surface area contributed by atoms with Gasteiger partial charge in [0.25, 0.3) is 0 Å². The van der Waals surface area contributed by atoms with Gasteiger partial charge in [0.05, 0.1) is 17.2 Å². The van der Waals surface area contributed by atoms with Crippen LogP contribution in [0.3, 0.4) is 0 Å². The third-order valence-corrected chi connectivity index (χ3v) is 4.74. The third-order valence-electron chi connectivity index (χ3n) is 2.55. The van der Waals surface area contributed by atoms with Crippen LogP contribution in [0.15, 0.2) is 41.8 Å². The van der Waals surface area contributed by atoms with E-state index in [0.717, 1.165) is 0 Å². The third kappa shape index (κ3) is 3.96. The zero-order chi connectivity index (χ0) is 14.6. The lowest BCUT2D eigenvalue weighted by Crippen LogP contribution is -2.30. The van der Waals surface area contributed by atoms with Gasteiger partial charge >= 0.3 is 0 Å². The fraction of sp³-hybridized carbons (Fsp3) is 0.154. The van der Waals surface area contributed by atoms with Gasteiger partial charge in [-0.1, -0.05) is 24.3 Å². The molecular weight excluding hydrogens is 301 g/mol. The van der Waals surface area contributed by atoms with Crippen LogP contribution < -0.4 is 4.72 Å². The smallest absolute Gasteiger partial charge is 0.216 e. The van der Waals surface area contributed by atoms with Crippen molar-refractivity contribution < 1.29 is 17.6 Å². The molecule has 4 nitrogen and oxygen atoms in total. The number of halogens is 1. The highest BCUT2D eigenvalue weighted by atomic mass is 32.2. The van der Waals surface area contributed by atoms with E-state index >= 15 is 0 Å². The van der Waals surface area contributed by atoms with E-state index < -0.39 is 21.6 Å². The first-order chi connectivity index (χ1) is 9.48. The topological polar surface area (TPSA) is 63.2 Å². The normalized spacial score (nSPS) is 11.4. The molecule has 0 aliphatic heterocycles. The minimum absolute atomic E-state index is 0.0728. The molecule has 20 heavy (non-hydrogen) atoms. The summed E-state index contributed by atoms with van der Waals surface area (Å²) in [6, 6.07) is 8.98. The highest BCUT2D eigenvalue weighted by Crippen LogP contribution is 2.11. The quantitative estimate of drug-likeness (QED) is 0.832. The highest BCUT2D eigenvalue weighted by molar-refractivity contribution is 7.88. The van der Waals surface area contributed by atoms with Crippen molar-refractivity contribution >= 4 is 27.1 Å². The van der Waals surface area contributed by atoms with E-state index in [9.17, 15) is 17.6 Å². The molecule has 106 valence electrons. The lowest BCUT2D eigenvalue weighted by atomic mass is 10.2. The second-order valence-corrected chi connectivity index (χ2v) is 6.83. The van der Waals surface area contributed by atoms with E-state index in [4.69, 9.17) is 0 Å². The summed E-state index contributed by atoms with van der Waals surface area (Å²) in [4.78, 5) is 12.2. The maximum atomic E-state index is 13.4. The molecule has 2 rings (SSSR count). The Bertz CT molecular complexity index is 696. The maximum Gasteiger partial charge on any atom is 0.216 e. The molecule has 1 aromatic heterocycles. The van der Waals surface area contributed by atoms with Crippen molar-refractivity contribution in [3.63, 3.8) is 0 Å². The van der Waals surface area contributed by atoms with Gasteiger partial charge in [-0.3, -0.25) is 4.79 Å². The average molecular weight is 313 g/mol. The molecule has 1 N–H and O–H groups in total. The van der Waals surface area contributed by atoms with Crippen LogP contribution in [0.4, 0.5) is 4.39 Å². The molecule has 0 amide bonds. The zero-order valence-electron chi connectivity index (χ0n) is 10.4. The van der Waals surface area contributed by atoms with Crippen molar-refractivity contribution in [2.45, 2.75) is 5.75 Å². The molecule has 0 atom stereocenters. The Kier molecular flexibility index (Phi) is 4.64. The molecule has 0 saturated heterocycles. The van der Waals surface area contributed by atoms with Crippen molar-refractivity contribution in [2.24, 2.45) is 0 Å². The molecule has 0 fully saturated rings. The number of Topliss-reactive ketones (excluding diaryl/α,β-unsaturated/α-hetero) is 1. The van der Waals surface area contributed by atoms with Gasteiger partial charge in [0.2, 0.25) is 10.0 Å². The number of benzene rings is 1. The van der Waals surface area contributed by atoms with Crippen molar-refractivity contribution in [2.75, 3.05) is 6.54 Å². The van der Waals surface area contributed by atoms with E-state index in [0.29, 0.717) is 4.88 Å². The summed E-state index contributed by atoms with van der Waals surface area (Å²) in [5.74, 6) is -1.38. The van der Waals surface area contributed by atoms with Crippen LogP contribution in [0.1, 0.15) is 15.2 Å². The minimum atomic E-state index is -3.75. The molecule has 0 aliphatic rings. The first kappa shape index (κ1) is 14.8. The molecule has 1 aromatic carbocycles. The summed E-state index contributed by atoms with van der Waals surface area (Å²) >= 11 is 1.24. The number of carbonyl (C=O) groups excluding carboxylic acids is 1. The zero-order valence-corrected chi connectivity index (χ0v) is 12.0. The van der Waals surface area contributed by atoms with Gasteiger partial charge in [-0.2, -0.15) is 0 Å². The fourth-order valence-corrected chi connectivity index (χ4v) is 3.33.